The topological polar surface area (TPSA) is 23.5 Å². The fourth-order valence-electron chi connectivity index (χ4n) is 1.43. The van der Waals surface area contributed by atoms with Crippen molar-refractivity contribution in [3.8, 4) is 0 Å². The van der Waals surface area contributed by atoms with Crippen LogP contribution in [0.4, 0.5) is 0 Å². The van der Waals surface area contributed by atoms with E-state index in [9.17, 15) is 5.21 Å². The summed E-state index contributed by atoms with van der Waals surface area (Å²) in [5.41, 5.74) is 0. The molecule has 0 aromatic heterocycles. The normalized spacial score (nSPS) is 25.9. The molecule has 0 aliphatic carbocycles. The molecule has 1 heterocycles. The molecule has 0 aromatic rings. The van der Waals surface area contributed by atoms with Crippen LogP contribution < -0.4 is 0 Å². The summed E-state index contributed by atoms with van der Waals surface area (Å²) >= 11 is 0. The minimum Gasteiger partial charge on any atom is -0.295 e. The molecule has 0 atom stereocenters. The van der Waals surface area contributed by atoms with Gasteiger partial charge in [-0.1, -0.05) is 0 Å². The van der Waals surface area contributed by atoms with Crippen molar-refractivity contribution in [1.29, 1.82) is 0 Å². The van der Waals surface area contributed by atoms with E-state index >= 15 is 0 Å². The molecule has 0 radical (unpaired) electrons. The average molecular weight is 159 g/mol. The molecular weight excluding hydrogens is 140 g/mol. The van der Waals surface area contributed by atoms with Gasteiger partial charge in [0.1, 0.15) is 19.1 Å². The van der Waals surface area contributed by atoms with Gasteiger partial charge in [0, 0.05) is 0 Å². The molecule has 1 fully saturated rings. The fourth-order valence-corrected chi connectivity index (χ4v) is 1.43. The Balaban J connectivity index is 2.48. The Morgan fingerprint density at radius 1 is 1.27 bits per heavy atom. The lowest BCUT2D eigenvalue weighted by Crippen LogP contribution is -2.60. The first-order valence-corrected chi connectivity index (χ1v) is 4.33. The van der Waals surface area contributed by atoms with Gasteiger partial charge in [0.25, 0.3) is 0 Å². The maximum absolute atomic E-state index is 9.98. The maximum Gasteiger partial charge on any atom is 0.122 e. The molecule has 0 amide bonds. The van der Waals surface area contributed by atoms with Gasteiger partial charge in [0.2, 0.25) is 0 Å². The fraction of sp³-hybridized carbons (Fsp3) is 1.00. The van der Waals surface area contributed by atoms with Gasteiger partial charge in [0.15, 0.2) is 0 Å². The van der Waals surface area contributed by atoms with Gasteiger partial charge in [-0.25, -0.2) is 5.21 Å². The summed E-state index contributed by atoms with van der Waals surface area (Å²) < 4.78 is 0.254. The largest absolute Gasteiger partial charge is 0.295 e. The Labute approximate surface area is 68.8 Å². The van der Waals surface area contributed by atoms with Crippen LogP contribution >= 0.6 is 0 Å². The van der Waals surface area contributed by atoms with Crippen LogP contribution in [-0.4, -0.2) is 54.0 Å². The number of hydrogen-bond donors (Lipinski definition) is 1. The SMILES string of the molecule is CC(C)[N+]1(O)CCN(C)CC1. The molecule has 1 saturated heterocycles. The summed E-state index contributed by atoms with van der Waals surface area (Å²) in [6.07, 6.45) is 0. The molecule has 3 nitrogen and oxygen atoms in total. The quantitative estimate of drug-likeness (QED) is 0.565. The molecule has 1 aliphatic heterocycles. The summed E-state index contributed by atoms with van der Waals surface area (Å²) in [5, 5.41) is 9.98. The molecule has 0 saturated carbocycles. The number of piperazine rings is 1. The van der Waals surface area contributed by atoms with Gasteiger partial charge in [0.05, 0.1) is 13.1 Å². The van der Waals surface area contributed by atoms with Gasteiger partial charge in [-0.05, 0) is 20.9 Å². The third-order valence-corrected chi connectivity index (χ3v) is 2.70. The van der Waals surface area contributed by atoms with Crippen LogP contribution in [0.5, 0.6) is 0 Å². The average Bonchev–Trinajstić information content (AvgIpc) is 1.95. The second kappa shape index (κ2) is 3.09. The Morgan fingerprint density at radius 3 is 2.09 bits per heavy atom. The highest BCUT2D eigenvalue weighted by Crippen LogP contribution is 2.12. The second-order valence-electron chi connectivity index (χ2n) is 3.83. The first kappa shape index (κ1) is 8.97. The van der Waals surface area contributed by atoms with Crippen LogP contribution in [-0.2, 0) is 0 Å². The predicted molar refractivity (Wildman–Crippen MR) is 44.4 cm³/mol. The molecule has 3 heteroatoms. The number of hydrogen-bond acceptors (Lipinski definition) is 2. The van der Waals surface area contributed by atoms with E-state index in [0.717, 1.165) is 26.2 Å². The van der Waals surface area contributed by atoms with Crippen LogP contribution in [0.2, 0.25) is 0 Å². The summed E-state index contributed by atoms with van der Waals surface area (Å²) in [5.74, 6) is 0. The molecule has 1 rings (SSSR count). The Kier molecular flexibility index (Phi) is 2.52. The molecule has 11 heavy (non-hydrogen) atoms. The summed E-state index contributed by atoms with van der Waals surface area (Å²) in [4.78, 5) is 2.26. The van der Waals surface area contributed by atoms with Crippen molar-refractivity contribution in [2.75, 3.05) is 33.2 Å². The van der Waals surface area contributed by atoms with E-state index in [1.807, 2.05) is 0 Å². The van der Waals surface area contributed by atoms with E-state index in [-0.39, 0.29) is 4.65 Å². The maximum atomic E-state index is 9.98. The highest BCUT2D eigenvalue weighted by Gasteiger charge is 2.33. The zero-order chi connectivity index (χ0) is 8.48. The predicted octanol–water partition coefficient (Wildman–Crippen LogP) is 0.546. The van der Waals surface area contributed by atoms with Gasteiger partial charge >= 0.3 is 0 Å². The van der Waals surface area contributed by atoms with Gasteiger partial charge in [-0.15, -0.1) is 0 Å². The van der Waals surface area contributed by atoms with E-state index in [0.29, 0.717) is 6.04 Å². The zero-order valence-electron chi connectivity index (χ0n) is 7.75. The van der Waals surface area contributed by atoms with E-state index in [1.54, 1.807) is 0 Å². The Bertz CT molecular complexity index is 128. The number of likely N-dealkylation sites (N-methyl/N-ethyl adjacent to an activating group) is 1. The van der Waals surface area contributed by atoms with Gasteiger partial charge < -0.3 is 0 Å². The summed E-state index contributed by atoms with van der Waals surface area (Å²) in [6.45, 7) is 7.91. The van der Waals surface area contributed by atoms with Crippen molar-refractivity contribution in [3.63, 3.8) is 0 Å². The lowest BCUT2D eigenvalue weighted by atomic mass is 10.2. The minimum atomic E-state index is 0.254. The highest BCUT2D eigenvalue weighted by molar-refractivity contribution is 4.57. The van der Waals surface area contributed by atoms with Crippen molar-refractivity contribution in [1.82, 2.24) is 4.90 Å². The summed E-state index contributed by atoms with van der Waals surface area (Å²) in [7, 11) is 2.10. The molecular formula is C8H19N2O+. The molecule has 0 unspecified atom stereocenters. The van der Waals surface area contributed by atoms with Crippen LogP contribution in [0.25, 0.3) is 0 Å². The highest BCUT2D eigenvalue weighted by atomic mass is 16.5. The summed E-state index contributed by atoms with van der Waals surface area (Å²) in [6, 6.07) is 0.337. The van der Waals surface area contributed by atoms with Gasteiger partial charge in [-0.2, -0.15) is 4.65 Å². The molecule has 0 aromatic carbocycles. The number of hydroxylamine groups is 3. The third-order valence-electron chi connectivity index (χ3n) is 2.70. The van der Waals surface area contributed by atoms with Crippen LogP contribution in [0, 0.1) is 0 Å². The second-order valence-corrected chi connectivity index (χ2v) is 3.83. The molecule has 66 valence electrons. The number of nitrogens with zero attached hydrogens (tertiary/aromatic N) is 2. The Morgan fingerprint density at radius 2 is 1.73 bits per heavy atom. The van der Waals surface area contributed by atoms with Crippen molar-refractivity contribution in [3.05, 3.63) is 0 Å². The number of quaternary nitrogens is 1. The molecule has 1 aliphatic rings. The monoisotopic (exact) mass is 159 g/mol. The molecule has 0 bridgehead atoms. The lowest BCUT2D eigenvalue weighted by Gasteiger charge is -2.39. The van der Waals surface area contributed by atoms with Crippen molar-refractivity contribution >= 4 is 0 Å². The first-order valence-electron chi connectivity index (χ1n) is 4.33. The smallest absolute Gasteiger partial charge is 0.122 e. The van der Waals surface area contributed by atoms with E-state index < -0.39 is 0 Å². The van der Waals surface area contributed by atoms with E-state index in [4.69, 9.17) is 0 Å². The van der Waals surface area contributed by atoms with Crippen LogP contribution in [0.3, 0.4) is 0 Å². The minimum absolute atomic E-state index is 0.254. The van der Waals surface area contributed by atoms with E-state index in [1.165, 1.54) is 0 Å². The molecule has 0 spiro atoms. The van der Waals surface area contributed by atoms with Gasteiger partial charge in [-0.3, -0.25) is 4.90 Å². The van der Waals surface area contributed by atoms with Crippen molar-refractivity contribution in [2.24, 2.45) is 0 Å². The number of rotatable bonds is 1. The van der Waals surface area contributed by atoms with E-state index in [2.05, 4.69) is 25.8 Å². The zero-order valence-corrected chi connectivity index (χ0v) is 7.75. The first-order chi connectivity index (χ1) is 5.04. The Hall–Kier alpha value is -0.120. The third kappa shape index (κ3) is 1.92. The van der Waals surface area contributed by atoms with Crippen LogP contribution in [0.1, 0.15) is 13.8 Å². The standard InChI is InChI=1S/C8H19N2O/c1-8(2)10(11)6-4-9(3)5-7-10/h8,11H,4-7H2,1-3H3/q+1. The van der Waals surface area contributed by atoms with Crippen molar-refractivity contribution in [2.45, 2.75) is 19.9 Å². The lowest BCUT2D eigenvalue weighted by molar-refractivity contribution is -1.12. The van der Waals surface area contributed by atoms with Crippen molar-refractivity contribution < 1.29 is 9.85 Å². The van der Waals surface area contributed by atoms with Crippen LogP contribution in [0.15, 0.2) is 0 Å². The molecule has 1 N–H and O–H groups in total.